The second-order valence-electron chi connectivity index (χ2n) is 9.44. The monoisotopic (exact) mass is 359 g/mol. The van der Waals surface area contributed by atoms with Gasteiger partial charge in [-0.2, -0.15) is 0 Å². The van der Waals surface area contributed by atoms with Crippen LogP contribution in [0.5, 0.6) is 0 Å². The van der Waals surface area contributed by atoms with Gasteiger partial charge in [-0.3, -0.25) is 4.98 Å². The third-order valence-electron chi connectivity index (χ3n) is 7.98. The topological polar surface area (TPSA) is 12.9 Å². The minimum Gasteiger partial charge on any atom is -0.256 e. The number of nitrogens with zero attached hydrogens (tertiary/aromatic N) is 1. The van der Waals surface area contributed by atoms with E-state index >= 15 is 0 Å². The third kappa shape index (κ3) is 2.85. The molecule has 142 valence electrons. The lowest BCUT2D eigenvalue weighted by atomic mass is 9.78. The van der Waals surface area contributed by atoms with E-state index in [4.69, 9.17) is 4.98 Å². The van der Waals surface area contributed by atoms with Crippen LogP contribution >= 0.6 is 0 Å². The van der Waals surface area contributed by atoms with Crippen LogP contribution in [0.2, 0.25) is 0 Å². The van der Waals surface area contributed by atoms with Crippen LogP contribution in [0, 0.1) is 5.92 Å². The van der Waals surface area contributed by atoms with E-state index in [-0.39, 0.29) is 0 Å². The van der Waals surface area contributed by atoms with Crippen molar-refractivity contribution in [2.24, 2.45) is 5.92 Å². The molecule has 2 aromatic rings. The van der Waals surface area contributed by atoms with Gasteiger partial charge in [-0.1, -0.05) is 33.3 Å². The van der Waals surface area contributed by atoms with Crippen LogP contribution in [-0.4, -0.2) is 4.98 Å². The van der Waals surface area contributed by atoms with E-state index in [2.05, 4.69) is 45.2 Å². The molecule has 1 aromatic carbocycles. The summed E-state index contributed by atoms with van der Waals surface area (Å²) in [6.07, 6.45) is 12.8. The quantitative estimate of drug-likeness (QED) is 0.565. The van der Waals surface area contributed by atoms with E-state index in [1.807, 2.05) is 0 Å². The number of rotatable bonds is 4. The molecule has 1 saturated carbocycles. The molecule has 0 amide bonds. The predicted octanol–water partition coefficient (Wildman–Crippen LogP) is 7.14. The molecular formula is C26H33N. The van der Waals surface area contributed by atoms with Crippen LogP contribution in [0.25, 0.3) is 11.3 Å². The second-order valence-corrected chi connectivity index (χ2v) is 9.44. The van der Waals surface area contributed by atoms with E-state index in [0.717, 1.165) is 17.8 Å². The highest BCUT2D eigenvalue weighted by molar-refractivity contribution is 5.68. The number of pyridine rings is 1. The van der Waals surface area contributed by atoms with Crippen molar-refractivity contribution in [1.29, 1.82) is 0 Å². The van der Waals surface area contributed by atoms with Crippen LogP contribution in [0.3, 0.4) is 0 Å². The number of hydrogen-bond acceptors (Lipinski definition) is 1. The van der Waals surface area contributed by atoms with Gasteiger partial charge in [0.25, 0.3) is 0 Å². The average Bonchev–Trinajstić information content (AvgIpc) is 3.34. The molecule has 1 heterocycles. The summed E-state index contributed by atoms with van der Waals surface area (Å²) in [6.45, 7) is 7.05. The summed E-state index contributed by atoms with van der Waals surface area (Å²) in [4.78, 5) is 5.00. The van der Waals surface area contributed by atoms with E-state index in [1.54, 1.807) is 22.3 Å². The Balaban J connectivity index is 1.61. The van der Waals surface area contributed by atoms with Crippen molar-refractivity contribution < 1.29 is 0 Å². The molecule has 3 aliphatic carbocycles. The van der Waals surface area contributed by atoms with E-state index in [0.29, 0.717) is 5.92 Å². The Morgan fingerprint density at radius 2 is 1.81 bits per heavy atom. The maximum Gasteiger partial charge on any atom is 0.0707 e. The molecule has 0 saturated heterocycles. The van der Waals surface area contributed by atoms with Crippen molar-refractivity contribution in [3.05, 3.63) is 52.2 Å². The summed E-state index contributed by atoms with van der Waals surface area (Å²) in [5.41, 5.74) is 10.6. The number of benzene rings is 1. The van der Waals surface area contributed by atoms with Gasteiger partial charge >= 0.3 is 0 Å². The SMILES string of the molecule is CCC1CCc2cc(C(C)CC)c(-c3cc4c(cn3)C3CCC4C3)cc2C1. The molecule has 0 aliphatic heterocycles. The molecular weight excluding hydrogens is 326 g/mol. The third-order valence-corrected chi connectivity index (χ3v) is 7.98. The van der Waals surface area contributed by atoms with Gasteiger partial charge in [-0.15, -0.1) is 0 Å². The van der Waals surface area contributed by atoms with Crippen molar-refractivity contribution in [3.8, 4) is 11.3 Å². The molecule has 2 bridgehead atoms. The number of fused-ring (bicyclic) bond motifs is 6. The number of hydrogen-bond donors (Lipinski definition) is 0. The first-order chi connectivity index (χ1) is 13.2. The lowest BCUT2D eigenvalue weighted by molar-refractivity contribution is 0.444. The lowest BCUT2D eigenvalue weighted by Gasteiger charge is -2.27. The average molecular weight is 360 g/mol. The summed E-state index contributed by atoms with van der Waals surface area (Å²) >= 11 is 0. The molecule has 1 fully saturated rings. The van der Waals surface area contributed by atoms with Crippen molar-refractivity contribution in [2.45, 2.75) is 89.9 Å². The van der Waals surface area contributed by atoms with Gasteiger partial charge in [0.15, 0.2) is 0 Å². The fourth-order valence-corrected chi connectivity index (χ4v) is 5.97. The Hall–Kier alpha value is -1.63. The molecule has 27 heavy (non-hydrogen) atoms. The largest absolute Gasteiger partial charge is 0.256 e. The Bertz CT molecular complexity index is 865. The minimum atomic E-state index is 0.598. The highest BCUT2D eigenvalue weighted by Gasteiger charge is 2.37. The van der Waals surface area contributed by atoms with Gasteiger partial charge in [-0.25, -0.2) is 0 Å². The standard InChI is InChI=1S/C26H33N/c1-4-16(3)22-12-18-7-6-17(5-2)10-21(18)13-24(22)26-14-23-19-8-9-20(11-19)25(23)15-27-26/h12-17,19-20H,4-11H2,1-3H3. The molecule has 4 atom stereocenters. The first-order valence-electron chi connectivity index (χ1n) is 11.3. The van der Waals surface area contributed by atoms with Crippen LogP contribution in [0.4, 0.5) is 0 Å². The second kappa shape index (κ2) is 6.76. The summed E-state index contributed by atoms with van der Waals surface area (Å²) < 4.78 is 0. The Labute approximate surface area is 164 Å². The van der Waals surface area contributed by atoms with Crippen LogP contribution in [0.1, 0.15) is 105 Å². The van der Waals surface area contributed by atoms with Crippen molar-refractivity contribution in [2.75, 3.05) is 0 Å². The first-order valence-corrected chi connectivity index (χ1v) is 11.3. The molecule has 1 nitrogen and oxygen atoms in total. The molecule has 4 unspecified atom stereocenters. The van der Waals surface area contributed by atoms with E-state index in [9.17, 15) is 0 Å². The maximum absolute atomic E-state index is 5.00. The zero-order valence-electron chi connectivity index (χ0n) is 17.2. The molecule has 3 aliphatic rings. The van der Waals surface area contributed by atoms with Crippen LogP contribution < -0.4 is 0 Å². The van der Waals surface area contributed by atoms with Crippen molar-refractivity contribution in [3.63, 3.8) is 0 Å². The normalized spacial score (nSPS) is 26.7. The summed E-state index contributed by atoms with van der Waals surface area (Å²) in [6, 6.07) is 7.54. The van der Waals surface area contributed by atoms with E-state index < -0.39 is 0 Å². The number of aromatic nitrogens is 1. The van der Waals surface area contributed by atoms with Crippen LogP contribution in [0.15, 0.2) is 24.4 Å². The first kappa shape index (κ1) is 17.5. The summed E-state index contributed by atoms with van der Waals surface area (Å²) in [5.74, 6) is 3.07. The molecule has 0 N–H and O–H groups in total. The minimum absolute atomic E-state index is 0.598. The molecule has 0 radical (unpaired) electrons. The van der Waals surface area contributed by atoms with Gasteiger partial charge < -0.3 is 0 Å². The number of aryl methyl sites for hydroxylation is 1. The Morgan fingerprint density at radius 3 is 2.59 bits per heavy atom. The zero-order valence-corrected chi connectivity index (χ0v) is 17.2. The zero-order chi connectivity index (χ0) is 18.5. The van der Waals surface area contributed by atoms with Gasteiger partial charge in [-0.05, 0) is 109 Å². The Morgan fingerprint density at radius 1 is 1.00 bits per heavy atom. The summed E-state index contributed by atoms with van der Waals surface area (Å²) in [5, 5.41) is 0. The van der Waals surface area contributed by atoms with Crippen molar-refractivity contribution in [1.82, 2.24) is 4.98 Å². The molecule has 1 heteroatoms. The fraction of sp³-hybridized carbons (Fsp3) is 0.577. The predicted molar refractivity (Wildman–Crippen MR) is 114 cm³/mol. The van der Waals surface area contributed by atoms with E-state index in [1.165, 1.54) is 68.2 Å². The molecule has 5 rings (SSSR count). The van der Waals surface area contributed by atoms with Crippen LogP contribution in [-0.2, 0) is 12.8 Å². The lowest BCUT2D eigenvalue weighted by Crippen LogP contribution is -2.15. The molecule has 1 aromatic heterocycles. The summed E-state index contributed by atoms with van der Waals surface area (Å²) in [7, 11) is 0. The van der Waals surface area contributed by atoms with Gasteiger partial charge in [0.05, 0.1) is 5.69 Å². The Kier molecular flexibility index (Phi) is 4.37. The molecule has 0 spiro atoms. The highest BCUT2D eigenvalue weighted by Crippen LogP contribution is 2.53. The van der Waals surface area contributed by atoms with Gasteiger partial charge in [0, 0.05) is 11.8 Å². The van der Waals surface area contributed by atoms with Crippen molar-refractivity contribution >= 4 is 0 Å². The fourth-order valence-electron chi connectivity index (χ4n) is 5.97. The van der Waals surface area contributed by atoms with Gasteiger partial charge in [0.2, 0.25) is 0 Å². The van der Waals surface area contributed by atoms with Gasteiger partial charge in [0.1, 0.15) is 0 Å². The maximum atomic E-state index is 5.00. The highest BCUT2D eigenvalue weighted by atomic mass is 14.7. The smallest absolute Gasteiger partial charge is 0.0707 e.